The number of rotatable bonds is 3. The van der Waals surface area contributed by atoms with Crippen molar-refractivity contribution in [3.63, 3.8) is 0 Å². The van der Waals surface area contributed by atoms with Crippen molar-refractivity contribution in [2.75, 3.05) is 0 Å². The van der Waals surface area contributed by atoms with Gasteiger partial charge in [-0.25, -0.2) is 0 Å². The number of nitrogens with two attached hydrogens (primary N) is 1. The van der Waals surface area contributed by atoms with Gasteiger partial charge < -0.3 is 10.8 Å². The monoisotopic (exact) mass is 250 g/mol. The molecule has 88 valence electrons. The molecule has 0 spiro atoms. The molecule has 0 radical (unpaired) electrons. The van der Waals surface area contributed by atoms with Gasteiger partial charge in [0.25, 0.3) is 5.69 Å². The smallest absolute Gasteiger partial charge is 0.274 e. The van der Waals surface area contributed by atoms with Gasteiger partial charge in [0.1, 0.15) is 5.75 Å². The average Bonchev–Trinajstić information content (AvgIpc) is 2.80. The lowest BCUT2D eigenvalue weighted by Gasteiger charge is -2.11. The minimum atomic E-state index is -0.603. The number of hydrogen-bond donors (Lipinski definition) is 2. The van der Waals surface area contributed by atoms with E-state index in [9.17, 15) is 15.2 Å². The minimum Gasteiger partial charge on any atom is -0.508 e. The second-order valence-electron chi connectivity index (χ2n) is 3.53. The summed E-state index contributed by atoms with van der Waals surface area (Å²) in [6.07, 6.45) is 0. The Labute approximate surface area is 101 Å². The molecule has 6 heteroatoms. The fourth-order valence-corrected chi connectivity index (χ4v) is 2.29. The van der Waals surface area contributed by atoms with Crippen molar-refractivity contribution in [1.82, 2.24) is 0 Å². The highest BCUT2D eigenvalue weighted by Crippen LogP contribution is 2.31. The Morgan fingerprint density at radius 1 is 1.41 bits per heavy atom. The van der Waals surface area contributed by atoms with Crippen molar-refractivity contribution < 1.29 is 10.0 Å². The van der Waals surface area contributed by atoms with Crippen LogP contribution < -0.4 is 5.73 Å². The Balaban J connectivity index is 2.50. The van der Waals surface area contributed by atoms with E-state index in [2.05, 4.69) is 0 Å². The third-order valence-corrected chi connectivity index (χ3v) is 3.15. The Kier molecular flexibility index (Phi) is 3.08. The molecule has 2 aromatic rings. The molecular formula is C11H10N2O3S. The molecule has 0 unspecified atom stereocenters. The lowest BCUT2D eigenvalue weighted by molar-refractivity contribution is -0.385. The lowest BCUT2D eigenvalue weighted by atomic mass is 10.0. The standard InChI is InChI=1S/C11H10N2O3S/c12-11(7-3-4-17-6-7)9-5-8(14)1-2-10(9)13(15)16/h1-6,11,14H,12H2/t11-/m1/s1. The van der Waals surface area contributed by atoms with E-state index in [1.165, 1.54) is 29.5 Å². The number of benzene rings is 1. The van der Waals surface area contributed by atoms with Crippen LogP contribution in [0, 0.1) is 10.1 Å². The molecule has 0 aliphatic rings. The van der Waals surface area contributed by atoms with E-state index >= 15 is 0 Å². The number of nitro groups is 1. The van der Waals surface area contributed by atoms with E-state index in [4.69, 9.17) is 5.73 Å². The second kappa shape index (κ2) is 4.52. The SMILES string of the molecule is N[C@H](c1ccsc1)c1cc(O)ccc1[N+](=O)[O-]. The van der Waals surface area contributed by atoms with Crippen LogP contribution in [0.5, 0.6) is 5.75 Å². The molecule has 3 N–H and O–H groups in total. The molecule has 0 aliphatic heterocycles. The molecule has 1 atom stereocenters. The zero-order valence-electron chi connectivity index (χ0n) is 8.74. The number of aromatic hydroxyl groups is 1. The number of nitrogens with zero attached hydrogens (tertiary/aromatic N) is 1. The number of nitro benzene ring substituents is 1. The van der Waals surface area contributed by atoms with Gasteiger partial charge in [-0.05, 0) is 34.5 Å². The molecule has 1 aromatic heterocycles. The molecule has 0 fully saturated rings. The van der Waals surface area contributed by atoms with Crippen LogP contribution in [0.15, 0.2) is 35.0 Å². The topological polar surface area (TPSA) is 89.4 Å². The average molecular weight is 250 g/mol. The van der Waals surface area contributed by atoms with Gasteiger partial charge in [-0.1, -0.05) is 0 Å². The van der Waals surface area contributed by atoms with Crippen LogP contribution in [0.3, 0.4) is 0 Å². The predicted molar refractivity (Wildman–Crippen MR) is 65.1 cm³/mol. The molecule has 2 rings (SSSR count). The fourth-order valence-electron chi connectivity index (χ4n) is 1.59. The normalized spacial score (nSPS) is 12.3. The quantitative estimate of drug-likeness (QED) is 0.646. The van der Waals surface area contributed by atoms with Crippen molar-refractivity contribution >= 4 is 17.0 Å². The van der Waals surface area contributed by atoms with Gasteiger partial charge in [0.2, 0.25) is 0 Å². The van der Waals surface area contributed by atoms with Gasteiger partial charge >= 0.3 is 0 Å². The Bertz CT molecular complexity index is 540. The maximum atomic E-state index is 10.9. The van der Waals surface area contributed by atoms with Crippen LogP contribution in [0.2, 0.25) is 0 Å². The van der Waals surface area contributed by atoms with Crippen molar-refractivity contribution in [1.29, 1.82) is 0 Å². The van der Waals surface area contributed by atoms with E-state index in [-0.39, 0.29) is 11.4 Å². The fraction of sp³-hybridized carbons (Fsp3) is 0.0909. The molecule has 0 saturated heterocycles. The van der Waals surface area contributed by atoms with Crippen molar-refractivity contribution in [2.45, 2.75) is 6.04 Å². The summed E-state index contributed by atoms with van der Waals surface area (Å²) in [5, 5.41) is 24.0. The van der Waals surface area contributed by atoms with Crippen LogP contribution in [0.25, 0.3) is 0 Å². The number of thiophene rings is 1. The van der Waals surface area contributed by atoms with Crippen LogP contribution in [0.4, 0.5) is 5.69 Å². The first-order valence-corrected chi connectivity index (χ1v) is 5.79. The van der Waals surface area contributed by atoms with E-state index in [1.807, 2.05) is 16.8 Å². The minimum absolute atomic E-state index is 0.0312. The van der Waals surface area contributed by atoms with Crippen molar-refractivity contribution in [3.8, 4) is 5.75 Å². The van der Waals surface area contributed by atoms with Gasteiger partial charge in [-0.2, -0.15) is 11.3 Å². The summed E-state index contributed by atoms with van der Waals surface area (Å²) < 4.78 is 0. The summed E-state index contributed by atoms with van der Waals surface area (Å²) in [5.41, 5.74) is 6.99. The highest BCUT2D eigenvalue weighted by atomic mass is 32.1. The van der Waals surface area contributed by atoms with E-state index < -0.39 is 11.0 Å². The first-order valence-electron chi connectivity index (χ1n) is 4.84. The summed E-state index contributed by atoms with van der Waals surface area (Å²) in [7, 11) is 0. The zero-order valence-corrected chi connectivity index (χ0v) is 9.55. The van der Waals surface area contributed by atoms with Gasteiger partial charge in [-0.3, -0.25) is 10.1 Å². The summed E-state index contributed by atoms with van der Waals surface area (Å²) in [6, 6.07) is 5.08. The predicted octanol–water partition coefficient (Wildman–Crippen LogP) is 2.41. The summed E-state index contributed by atoms with van der Waals surface area (Å²) in [4.78, 5) is 10.4. The van der Waals surface area contributed by atoms with E-state index in [1.54, 1.807) is 0 Å². The third kappa shape index (κ3) is 2.27. The maximum absolute atomic E-state index is 10.9. The molecule has 0 saturated carbocycles. The first-order chi connectivity index (χ1) is 8.09. The number of phenolic OH excluding ortho intramolecular Hbond substituents is 1. The summed E-state index contributed by atoms with van der Waals surface area (Å²) in [6.45, 7) is 0. The van der Waals surface area contributed by atoms with Crippen molar-refractivity contribution in [2.24, 2.45) is 5.73 Å². The molecule has 0 bridgehead atoms. The molecule has 1 heterocycles. The van der Waals surface area contributed by atoms with Crippen LogP contribution in [-0.4, -0.2) is 10.0 Å². The second-order valence-corrected chi connectivity index (χ2v) is 4.31. The third-order valence-electron chi connectivity index (χ3n) is 2.45. The van der Waals surface area contributed by atoms with Crippen LogP contribution in [-0.2, 0) is 0 Å². The zero-order chi connectivity index (χ0) is 12.4. The van der Waals surface area contributed by atoms with Gasteiger partial charge in [0.15, 0.2) is 0 Å². The Hall–Kier alpha value is -1.92. The van der Waals surface area contributed by atoms with Gasteiger partial charge in [0.05, 0.1) is 16.5 Å². The van der Waals surface area contributed by atoms with E-state index in [0.29, 0.717) is 5.56 Å². The number of phenols is 1. The van der Waals surface area contributed by atoms with E-state index in [0.717, 1.165) is 5.56 Å². The molecule has 1 aromatic carbocycles. The highest BCUT2D eigenvalue weighted by Gasteiger charge is 2.21. The first kappa shape index (κ1) is 11.6. The number of hydrogen-bond acceptors (Lipinski definition) is 5. The maximum Gasteiger partial charge on any atom is 0.274 e. The molecule has 5 nitrogen and oxygen atoms in total. The molecule has 0 aliphatic carbocycles. The Morgan fingerprint density at radius 3 is 2.76 bits per heavy atom. The molecule has 0 amide bonds. The van der Waals surface area contributed by atoms with Gasteiger partial charge in [-0.15, -0.1) is 0 Å². The van der Waals surface area contributed by atoms with Crippen LogP contribution >= 0.6 is 11.3 Å². The van der Waals surface area contributed by atoms with Crippen LogP contribution in [0.1, 0.15) is 17.2 Å². The summed E-state index contributed by atoms with van der Waals surface area (Å²) in [5.74, 6) is -0.0312. The lowest BCUT2D eigenvalue weighted by Crippen LogP contribution is -2.12. The molecule has 17 heavy (non-hydrogen) atoms. The van der Waals surface area contributed by atoms with Crippen molar-refractivity contribution in [3.05, 3.63) is 56.3 Å². The largest absolute Gasteiger partial charge is 0.508 e. The molecular weight excluding hydrogens is 240 g/mol. The summed E-state index contributed by atoms with van der Waals surface area (Å²) >= 11 is 1.47. The highest BCUT2D eigenvalue weighted by molar-refractivity contribution is 7.08. The van der Waals surface area contributed by atoms with Gasteiger partial charge in [0, 0.05) is 6.07 Å². The Morgan fingerprint density at radius 2 is 2.18 bits per heavy atom.